The van der Waals surface area contributed by atoms with E-state index in [4.69, 9.17) is 4.74 Å². The summed E-state index contributed by atoms with van der Waals surface area (Å²) in [5.74, 6) is -0.638. The summed E-state index contributed by atoms with van der Waals surface area (Å²) in [5.41, 5.74) is 1.07. The summed E-state index contributed by atoms with van der Waals surface area (Å²) < 4.78 is 46.5. The van der Waals surface area contributed by atoms with Gasteiger partial charge >= 0.3 is 6.18 Å². The zero-order valence-corrected chi connectivity index (χ0v) is 24.8. The van der Waals surface area contributed by atoms with Crippen LogP contribution in [0.25, 0.3) is 0 Å². The van der Waals surface area contributed by atoms with E-state index in [9.17, 15) is 33.0 Å². The minimum absolute atomic E-state index is 0.00165. The van der Waals surface area contributed by atoms with Gasteiger partial charge in [0.1, 0.15) is 18.0 Å². The molecule has 4 rings (SSSR count). The highest BCUT2D eigenvalue weighted by molar-refractivity contribution is 14.1. The molecule has 0 spiro atoms. The van der Waals surface area contributed by atoms with Crippen LogP contribution in [0.1, 0.15) is 33.5 Å². The van der Waals surface area contributed by atoms with Gasteiger partial charge in [-0.2, -0.15) is 13.2 Å². The van der Waals surface area contributed by atoms with Crippen LogP contribution >= 0.6 is 22.6 Å². The number of carbonyl (C=O) groups excluding carboxylic acids is 2. The predicted octanol–water partition coefficient (Wildman–Crippen LogP) is 4.88. The predicted molar refractivity (Wildman–Crippen MR) is 159 cm³/mol. The fraction of sp³-hybridized carbons (Fsp3) is 0.290. The van der Waals surface area contributed by atoms with Crippen molar-refractivity contribution >= 4 is 34.4 Å². The highest BCUT2D eigenvalue weighted by Crippen LogP contribution is 2.32. The van der Waals surface area contributed by atoms with Gasteiger partial charge in [0.15, 0.2) is 0 Å². The van der Waals surface area contributed by atoms with Crippen molar-refractivity contribution in [2.45, 2.75) is 44.3 Å². The van der Waals surface area contributed by atoms with Gasteiger partial charge in [-0.05, 0) is 77.6 Å². The maximum absolute atomic E-state index is 13.9. The molecule has 3 N–H and O–H groups in total. The van der Waals surface area contributed by atoms with Crippen LogP contribution in [-0.4, -0.2) is 58.3 Å². The number of hydrogen-bond acceptors (Lipinski definition) is 5. The van der Waals surface area contributed by atoms with Crippen LogP contribution in [0.4, 0.5) is 13.2 Å². The SMILES string of the molecule is Cc1ccc(CN(C(=O)c2ccc(C(F)(F)F)cc2)[C@@H]2CC(C(=O)NCCO)=C[C@H](Oc3ccccc3I)[C@H]2O)cc1. The third-order valence-electron chi connectivity index (χ3n) is 6.91. The molecule has 0 radical (unpaired) electrons. The quantitative estimate of drug-likeness (QED) is 0.278. The van der Waals surface area contributed by atoms with E-state index in [1.165, 1.54) is 11.0 Å². The Hall–Kier alpha value is -3.42. The lowest BCUT2D eigenvalue weighted by Gasteiger charge is -2.40. The molecule has 1 aliphatic carbocycles. The molecule has 42 heavy (non-hydrogen) atoms. The normalized spacial score (nSPS) is 18.6. The summed E-state index contributed by atoms with van der Waals surface area (Å²) in [7, 11) is 0. The number of aliphatic hydroxyl groups excluding tert-OH is 2. The van der Waals surface area contributed by atoms with Crippen molar-refractivity contribution in [2.75, 3.05) is 13.2 Å². The number of alkyl halides is 3. The second-order valence-corrected chi connectivity index (χ2v) is 11.1. The zero-order chi connectivity index (χ0) is 30.4. The van der Waals surface area contributed by atoms with Crippen molar-refractivity contribution in [3.8, 4) is 5.75 Å². The molecule has 3 aromatic carbocycles. The Morgan fingerprint density at radius 3 is 2.33 bits per heavy atom. The lowest BCUT2D eigenvalue weighted by molar-refractivity contribution is -0.137. The lowest BCUT2D eigenvalue weighted by Crippen LogP contribution is -2.54. The fourth-order valence-corrected chi connectivity index (χ4v) is 5.18. The van der Waals surface area contributed by atoms with E-state index < -0.39 is 41.8 Å². The summed E-state index contributed by atoms with van der Waals surface area (Å²) in [5, 5.41) is 23.4. The number of amides is 2. The van der Waals surface area contributed by atoms with Crippen LogP contribution in [0.5, 0.6) is 5.75 Å². The van der Waals surface area contributed by atoms with Gasteiger partial charge in [-0.1, -0.05) is 42.0 Å². The van der Waals surface area contributed by atoms with E-state index in [1.54, 1.807) is 12.1 Å². The Kier molecular flexibility index (Phi) is 10.3. The summed E-state index contributed by atoms with van der Waals surface area (Å²) in [6.45, 7) is 1.65. The van der Waals surface area contributed by atoms with Crippen LogP contribution in [-0.2, 0) is 17.5 Å². The summed E-state index contributed by atoms with van der Waals surface area (Å²) >= 11 is 2.08. The molecule has 11 heteroatoms. The largest absolute Gasteiger partial charge is 0.482 e. The van der Waals surface area contributed by atoms with Gasteiger partial charge in [0, 0.05) is 30.6 Å². The van der Waals surface area contributed by atoms with Crippen LogP contribution in [0.3, 0.4) is 0 Å². The first-order valence-electron chi connectivity index (χ1n) is 13.2. The van der Waals surface area contributed by atoms with Crippen molar-refractivity contribution < 1.29 is 37.7 Å². The molecule has 0 saturated heterocycles. The number of halogens is 4. The molecule has 1 aliphatic rings. The number of hydrogen-bond donors (Lipinski definition) is 3. The van der Waals surface area contributed by atoms with Gasteiger partial charge in [0.2, 0.25) is 5.91 Å². The maximum atomic E-state index is 13.9. The van der Waals surface area contributed by atoms with Crippen molar-refractivity contribution in [1.82, 2.24) is 10.2 Å². The second kappa shape index (κ2) is 13.7. The van der Waals surface area contributed by atoms with Crippen LogP contribution in [0.2, 0.25) is 0 Å². The number of aryl methyl sites for hydroxylation is 1. The van der Waals surface area contributed by atoms with Crippen molar-refractivity contribution in [1.29, 1.82) is 0 Å². The molecule has 222 valence electrons. The molecular formula is C31H30F3IN2O5. The molecule has 0 unspecified atom stereocenters. The van der Waals surface area contributed by atoms with Gasteiger partial charge in [0.05, 0.1) is 21.8 Å². The topological polar surface area (TPSA) is 99.1 Å². The Morgan fingerprint density at radius 1 is 1.05 bits per heavy atom. The smallest absolute Gasteiger partial charge is 0.416 e. The molecule has 0 aromatic heterocycles. The molecular weight excluding hydrogens is 664 g/mol. The first-order valence-corrected chi connectivity index (χ1v) is 14.3. The molecule has 0 fully saturated rings. The monoisotopic (exact) mass is 694 g/mol. The Balaban J connectivity index is 1.74. The molecule has 3 aromatic rings. The molecule has 2 amide bonds. The first-order chi connectivity index (χ1) is 20.0. The average molecular weight is 694 g/mol. The molecule has 0 saturated carbocycles. The maximum Gasteiger partial charge on any atom is 0.416 e. The molecule has 0 heterocycles. The van der Waals surface area contributed by atoms with E-state index in [1.807, 2.05) is 43.3 Å². The Morgan fingerprint density at radius 2 is 1.71 bits per heavy atom. The van der Waals surface area contributed by atoms with E-state index in [-0.39, 0.29) is 37.3 Å². The van der Waals surface area contributed by atoms with Crippen LogP contribution < -0.4 is 10.1 Å². The third kappa shape index (κ3) is 7.69. The number of nitrogens with one attached hydrogen (secondary N) is 1. The number of carbonyl (C=O) groups is 2. The summed E-state index contributed by atoms with van der Waals surface area (Å²) in [4.78, 5) is 28.3. The van der Waals surface area contributed by atoms with Crippen molar-refractivity contribution in [2.24, 2.45) is 0 Å². The summed E-state index contributed by atoms with van der Waals surface area (Å²) in [6.07, 6.45) is -5.44. The molecule has 0 bridgehead atoms. The third-order valence-corrected chi connectivity index (χ3v) is 7.80. The van der Waals surface area contributed by atoms with Gasteiger partial charge in [-0.25, -0.2) is 0 Å². The van der Waals surface area contributed by atoms with E-state index in [0.29, 0.717) is 5.75 Å². The number of ether oxygens (including phenoxy) is 1. The highest BCUT2D eigenvalue weighted by atomic mass is 127. The summed E-state index contributed by atoms with van der Waals surface area (Å²) in [6, 6.07) is 17.4. The van der Waals surface area contributed by atoms with E-state index in [0.717, 1.165) is 39.0 Å². The zero-order valence-electron chi connectivity index (χ0n) is 22.6. The number of nitrogens with zero attached hydrogens (tertiary/aromatic N) is 1. The number of para-hydroxylation sites is 1. The first kappa shape index (κ1) is 31.5. The van der Waals surface area contributed by atoms with Gasteiger partial charge in [-0.15, -0.1) is 0 Å². The van der Waals surface area contributed by atoms with Gasteiger partial charge in [0.25, 0.3) is 5.91 Å². The van der Waals surface area contributed by atoms with Crippen molar-refractivity contribution in [3.05, 3.63) is 110 Å². The van der Waals surface area contributed by atoms with Gasteiger partial charge in [-0.3, -0.25) is 9.59 Å². The second-order valence-electron chi connectivity index (χ2n) is 9.94. The molecule has 7 nitrogen and oxygen atoms in total. The number of aliphatic hydroxyl groups is 2. The van der Waals surface area contributed by atoms with Crippen molar-refractivity contribution in [3.63, 3.8) is 0 Å². The lowest BCUT2D eigenvalue weighted by atomic mass is 9.87. The van der Waals surface area contributed by atoms with E-state index >= 15 is 0 Å². The van der Waals surface area contributed by atoms with E-state index in [2.05, 4.69) is 27.9 Å². The van der Waals surface area contributed by atoms with Gasteiger partial charge < -0.3 is 25.2 Å². The number of rotatable bonds is 9. The number of benzene rings is 3. The highest BCUT2D eigenvalue weighted by Gasteiger charge is 2.41. The Labute approximate surface area is 255 Å². The Bertz CT molecular complexity index is 1430. The molecule has 0 aliphatic heterocycles. The fourth-order valence-electron chi connectivity index (χ4n) is 4.66. The van der Waals surface area contributed by atoms with Crippen LogP contribution in [0.15, 0.2) is 84.4 Å². The molecule has 3 atom stereocenters. The standard InChI is InChI=1S/C31H30F3IN2O5/c1-19-6-8-20(9-7-19)18-37(30(41)21-10-12-23(13-11-21)31(32,33)34)25-16-22(29(40)36-14-15-38)17-27(28(25)39)42-26-5-3-2-4-24(26)35/h2-13,17,25,27-28,38-39H,14-16,18H2,1H3,(H,36,40)/t25-,27+,28+/m1/s1. The minimum Gasteiger partial charge on any atom is -0.482 e. The van der Waals surface area contributed by atoms with Crippen LogP contribution in [0, 0.1) is 10.5 Å². The average Bonchev–Trinajstić information content (AvgIpc) is 2.97. The minimum atomic E-state index is -4.57.